The van der Waals surface area contributed by atoms with E-state index in [-0.39, 0.29) is 24.0 Å². The van der Waals surface area contributed by atoms with Crippen LogP contribution >= 0.6 is 0 Å². The topological polar surface area (TPSA) is 96.2 Å². The highest BCUT2D eigenvalue weighted by Gasteiger charge is 2.42. The lowest BCUT2D eigenvalue weighted by molar-refractivity contribution is -0.384. The van der Waals surface area contributed by atoms with Gasteiger partial charge in [-0.25, -0.2) is 0 Å². The molecule has 0 unspecified atom stereocenters. The highest BCUT2D eigenvalue weighted by Crippen LogP contribution is 2.33. The lowest BCUT2D eigenvalue weighted by Crippen LogP contribution is -2.47. The van der Waals surface area contributed by atoms with Gasteiger partial charge in [0.2, 0.25) is 0 Å². The first-order chi connectivity index (χ1) is 16.0. The third-order valence-electron chi connectivity index (χ3n) is 5.96. The van der Waals surface area contributed by atoms with Gasteiger partial charge in [0, 0.05) is 64.3 Å². The van der Waals surface area contributed by atoms with Crippen molar-refractivity contribution in [1.82, 2.24) is 9.80 Å². The predicted molar refractivity (Wildman–Crippen MR) is 123 cm³/mol. The van der Waals surface area contributed by atoms with Crippen LogP contribution in [-0.4, -0.2) is 73.0 Å². The van der Waals surface area contributed by atoms with E-state index in [1.165, 1.54) is 29.2 Å². The second-order valence-electron chi connectivity index (χ2n) is 7.95. The summed E-state index contributed by atoms with van der Waals surface area (Å²) in [6.45, 7) is 3.31. The number of nitro groups is 1. The predicted octanol–water partition coefficient (Wildman–Crippen LogP) is 2.53. The number of hydrogen-bond acceptors (Lipinski definition) is 7. The molecule has 2 aliphatic heterocycles. The van der Waals surface area contributed by atoms with Gasteiger partial charge in [0.05, 0.1) is 10.5 Å². The maximum Gasteiger partial charge on any atom is 0.277 e. The monoisotopic (exact) mass is 450 g/mol. The molecule has 0 aliphatic carbocycles. The van der Waals surface area contributed by atoms with Gasteiger partial charge in [0.15, 0.2) is 0 Å². The van der Waals surface area contributed by atoms with Gasteiger partial charge in [-0.3, -0.25) is 24.6 Å². The number of nitro benzene ring substituents is 1. The summed E-state index contributed by atoms with van der Waals surface area (Å²) >= 11 is 0. The van der Waals surface area contributed by atoms with Gasteiger partial charge in [-0.1, -0.05) is 18.2 Å². The summed E-state index contributed by atoms with van der Waals surface area (Å²) in [5.41, 5.74) is 2.25. The summed E-state index contributed by atoms with van der Waals surface area (Å²) < 4.78 is 5.07. The van der Waals surface area contributed by atoms with E-state index >= 15 is 0 Å². The lowest BCUT2D eigenvalue weighted by Gasteiger charge is -2.37. The lowest BCUT2D eigenvalue weighted by atomic mass is 10.0. The maximum absolute atomic E-state index is 13.4. The highest BCUT2D eigenvalue weighted by atomic mass is 16.6. The van der Waals surface area contributed by atoms with Crippen LogP contribution in [0.1, 0.15) is 12.0 Å². The van der Waals surface area contributed by atoms with Gasteiger partial charge in [0.25, 0.3) is 17.5 Å². The Morgan fingerprint density at radius 2 is 1.55 bits per heavy atom. The SMILES string of the molecule is COCCCN1C(=O)C(c2ccc([N+](=O)[O-])cc2)=C(N2CCN(c3ccccc3)CC2)C1=O. The number of nitrogens with zero attached hydrogens (tertiary/aromatic N) is 4. The van der Waals surface area contributed by atoms with Crippen LogP contribution in [0.25, 0.3) is 5.57 Å². The minimum absolute atomic E-state index is 0.0638. The first kappa shape index (κ1) is 22.5. The summed E-state index contributed by atoms with van der Waals surface area (Å²) in [6, 6.07) is 15.9. The maximum atomic E-state index is 13.4. The molecule has 0 bridgehead atoms. The molecule has 33 heavy (non-hydrogen) atoms. The highest BCUT2D eigenvalue weighted by molar-refractivity contribution is 6.35. The van der Waals surface area contributed by atoms with E-state index in [1.807, 2.05) is 23.1 Å². The normalized spacial score (nSPS) is 16.7. The molecule has 0 aromatic heterocycles. The van der Waals surface area contributed by atoms with Crippen LogP contribution in [0.5, 0.6) is 0 Å². The fourth-order valence-electron chi connectivity index (χ4n) is 4.26. The van der Waals surface area contributed by atoms with Gasteiger partial charge in [-0.05, 0) is 36.2 Å². The average Bonchev–Trinajstić information content (AvgIpc) is 3.09. The zero-order valence-electron chi connectivity index (χ0n) is 18.5. The number of imide groups is 1. The van der Waals surface area contributed by atoms with Crippen molar-refractivity contribution >= 4 is 28.8 Å². The summed E-state index contributed by atoms with van der Waals surface area (Å²) in [5.74, 6) is -0.692. The van der Waals surface area contributed by atoms with Crippen molar-refractivity contribution in [2.75, 3.05) is 51.3 Å². The molecule has 2 aliphatic rings. The van der Waals surface area contributed by atoms with Crippen molar-refractivity contribution in [3.8, 4) is 0 Å². The Hall–Kier alpha value is -3.72. The van der Waals surface area contributed by atoms with Gasteiger partial charge >= 0.3 is 0 Å². The van der Waals surface area contributed by atoms with E-state index in [0.29, 0.717) is 56.0 Å². The average molecular weight is 450 g/mol. The minimum atomic E-state index is -0.486. The summed E-state index contributed by atoms with van der Waals surface area (Å²) in [6.07, 6.45) is 0.538. The van der Waals surface area contributed by atoms with E-state index in [0.717, 1.165) is 5.69 Å². The second kappa shape index (κ2) is 9.83. The van der Waals surface area contributed by atoms with Crippen LogP contribution in [-0.2, 0) is 14.3 Å². The Morgan fingerprint density at radius 1 is 0.909 bits per heavy atom. The van der Waals surface area contributed by atoms with E-state index in [1.54, 1.807) is 7.11 Å². The number of non-ortho nitro benzene ring substituents is 1. The largest absolute Gasteiger partial charge is 0.385 e. The molecule has 9 nitrogen and oxygen atoms in total. The zero-order valence-corrected chi connectivity index (χ0v) is 18.5. The van der Waals surface area contributed by atoms with Crippen molar-refractivity contribution in [1.29, 1.82) is 0 Å². The molecule has 2 heterocycles. The molecule has 1 fully saturated rings. The van der Waals surface area contributed by atoms with Crippen LogP contribution in [0.4, 0.5) is 11.4 Å². The quantitative estimate of drug-likeness (QED) is 0.264. The molecule has 0 N–H and O–H groups in total. The Bertz CT molecular complexity index is 1060. The molecule has 0 spiro atoms. The Balaban J connectivity index is 1.62. The number of para-hydroxylation sites is 1. The molecule has 0 radical (unpaired) electrons. The van der Waals surface area contributed by atoms with Crippen molar-refractivity contribution in [2.45, 2.75) is 6.42 Å². The van der Waals surface area contributed by atoms with E-state index < -0.39 is 4.92 Å². The molecule has 9 heteroatoms. The number of piperazine rings is 1. The molecule has 4 rings (SSSR count). The van der Waals surface area contributed by atoms with Crippen molar-refractivity contribution in [3.05, 3.63) is 76.0 Å². The van der Waals surface area contributed by atoms with E-state index in [2.05, 4.69) is 17.0 Å². The molecule has 2 aromatic rings. The number of carbonyl (C=O) groups is 2. The number of anilines is 1. The molecule has 2 amide bonds. The molecule has 0 saturated carbocycles. The molecule has 2 aromatic carbocycles. The first-order valence-electron chi connectivity index (χ1n) is 10.9. The molecule has 0 atom stereocenters. The molecular formula is C24H26N4O5. The van der Waals surface area contributed by atoms with E-state index in [4.69, 9.17) is 4.74 Å². The summed E-state index contributed by atoms with van der Waals surface area (Å²) in [5, 5.41) is 11.0. The van der Waals surface area contributed by atoms with Crippen LogP contribution < -0.4 is 4.90 Å². The van der Waals surface area contributed by atoms with Gasteiger partial charge in [-0.15, -0.1) is 0 Å². The van der Waals surface area contributed by atoms with Crippen molar-refractivity contribution in [2.24, 2.45) is 0 Å². The van der Waals surface area contributed by atoms with Gasteiger partial charge in [-0.2, -0.15) is 0 Å². The third-order valence-corrected chi connectivity index (χ3v) is 5.96. The van der Waals surface area contributed by atoms with Crippen LogP contribution in [0.3, 0.4) is 0 Å². The minimum Gasteiger partial charge on any atom is -0.385 e. The molecule has 172 valence electrons. The number of ether oxygens (including phenoxy) is 1. The van der Waals surface area contributed by atoms with Crippen LogP contribution in [0.15, 0.2) is 60.3 Å². The second-order valence-corrected chi connectivity index (χ2v) is 7.95. The first-order valence-corrected chi connectivity index (χ1v) is 10.9. The smallest absolute Gasteiger partial charge is 0.277 e. The Kier molecular flexibility index (Phi) is 6.69. The number of rotatable bonds is 8. The summed E-state index contributed by atoms with van der Waals surface area (Å²) in [7, 11) is 1.58. The molecular weight excluding hydrogens is 424 g/mol. The number of benzene rings is 2. The van der Waals surface area contributed by atoms with Crippen LogP contribution in [0.2, 0.25) is 0 Å². The third kappa shape index (κ3) is 4.58. The van der Waals surface area contributed by atoms with Crippen molar-refractivity contribution in [3.63, 3.8) is 0 Å². The van der Waals surface area contributed by atoms with Crippen molar-refractivity contribution < 1.29 is 19.2 Å². The fraction of sp³-hybridized carbons (Fsp3) is 0.333. The number of methoxy groups -OCH3 is 1. The Morgan fingerprint density at radius 3 is 2.15 bits per heavy atom. The zero-order chi connectivity index (χ0) is 23.4. The fourth-order valence-corrected chi connectivity index (χ4v) is 4.26. The number of carbonyl (C=O) groups excluding carboxylic acids is 2. The Labute approximate surface area is 192 Å². The van der Waals surface area contributed by atoms with E-state index in [9.17, 15) is 19.7 Å². The standard InChI is InChI=1S/C24H26N4O5/c1-33-17-5-12-27-23(29)21(18-8-10-20(11-9-18)28(31)32)22(24(27)30)26-15-13-25(14-16-26)19-6-3-2-4-7-19/h2-4,6-11H,5,12-17H2,1H3. The number of amides is 2. The number of hydrogen-bond donors (Lipinski definition) is 0. The van der Waals surface area contributed by atoms with Crippen LogP contribution in [0, 0.1) is 10.1 Å². The molecule has 1 saturated heterocycles. The van der Waals surface area contributed by atoms with Gasteiger partial charge < -0.3 is 14.5 Å². The summed E-state index contributed by atoms with van der Waals surface area (Å²) in [4.78, 5) is 42.7. The van der Waals surface area contributed by atoms with Gasteiger partial charge in [0.1, 0.15) is 5.70 Å².